The molecule has 2 aromatic heterocycles. The molecule has 1 saturated heterocycles. The lowest BCUT2D eigenvalue weighted by Gasteiger charge is -2.33. The highest BCUT2D eigenvalue weighted by molar-refractivity contribution is 6.31. The topological polar surface area (TPSA) is 34.0 Å². The zero-order chi connectivity index (χ0) is 15.0. The first kappa shape index (κ1) is 15.1. The van der Waals surface area contributed by atoms with Crippen molar-refractivity contribution in [1.82, 2.24) is 19.4 Å². The number of fused-ring (bicyclic) bond motifs is 1. The Kier molecular flexibility index (Phi) is 4.38. The van der Waals surface area contributed by atoms with Crippen LogP contribution in [0.1, 0.15) is 37.4 Å². The number of hydrogen-bond acceptors (Lipinski definition) is 3. The highest BCUT2D eigenvalue weighted by atomic mass is 35.5. The number of imidazole rings is 1. The molecule has 1 fully saturated rings. The van der Waals surface area contributed by atoms with Crippen molar-refractivity contribution in [3.05, 3.63) is 23.1 Å². The summed E-state index contributed by atoms with van der Waals surface area (Å²) < 4.78 is 2.16. The minimum Gasteiger partial charge on any atom is -0.310 e. The summed E-state index contributed by atoms with van der Waals surface area (Å²) in [5.41, 5.74) is 1.70. The van der Waals surface area contributed by atoms with Crippen LogP contribution in [-0.2, 0) is 6.54 Å². The standard InChI is InChI=1S/C15H20Cl2N4/c1-10(16)14-19-13-7-11(17)8-18-15(13)21(14)9-12-5-3-4-6-20(12)2/h7-8,10,12H,3-6,9H2,1-2H3. The van der Waals surface area contributed by atoms with E-state index in [2.05, 4.69) is 26.5 Å². The van der Waals surface area contributed by atoms with Crippen molar-refractivity contribution in [2.45, 2.75) is 44.1 Å². The summed E-state index contributed by atoms with van der Waals surface area (Å²) in [6.07, 6.45) is 5.45. The van der Waals surface area contributed by atoms with E-state index in [1.54, 1.807) is 6.20 Å². The molecule has 4 nitrogen and oxygen atoms in total. The normalized spacial score (nSPS) is 21.8. The van der Waals surface area contributed by atoms with E-state index >= 15 is 0 Å². The molecule has 0 N–H and O–H groups in total. The van der Waals surface area contributed by atoms with Crippen molar-refractivity contribution >= 4 is 34.4 Å². The van der Waals surface area contributed by atoms with Gasteiger partial charge >= 0.3 is 0 Å². The Balaban J connectivity index is 2.00. The zero-order valence-corrected chi connectivity index (χ0v) is 13.9. The minimum absolute atomic E-state index is 0.146. The number of halogens is 2. The number of piperidine rings is 1. The SMILES string of the molecule is CC(Cl)c1nc2cc(Cl)cnc2n1CC1CCCCN1C. The van der Waals surface area contributed by atoms with Crippen LogP contribution in [0.3, 0.4) is 0 Å². The Morgan fingerprint density at radius 3 is 2.95 bits per heavy atom. The number of likely N-dealkylation sites (N-methyl/N-ethyl adjacent to an activating group) is 1. The third-order valence-corrected chi connectivity index (χ3v) is 4.65. The van der Waals surface area contributed by atoms with E-state index in [0.717, 1.165) is 30.1 Å². The van der Waals surface area contributed by atoms with Gasteiger partial charge in [-0.05, 0) is 39.4 Å². The average Bonchev–Trinajstić information content (AvgIpc) is 2.79. The second-order valence-electron chi connectivity index (χ2n) is 5.82. The van der Waals surface area contributed by atoms with Gasteiger partial charge in [-0.15, -0.1) is 11.6 Å². The van der Waals surface area contributed by atoms with Crippen LogP contribution < -0.4 is 0 Å². The van der Waals surface area contributed by atoms with E-state index in [9.17, 15) is 0 Å². The van der Waals surface area contributed by atoms with Gasteiger partial charge in [-0.25, -0.2) is 9.97 Å². The Hall–Kier alpha value is -0.840. The molecule has 2 aromatic rings. The molecule has 1 aliphatic rings. The molecule has 0 bridgehead atoms. The van der Waals surface area contributed by atoms with Crippen LogP contribution in [0.15, 0.2) is 12.3 Å². The fourth-order valence-electron chi connectivity index (χ4n) is 3.07. The van der Waals surface area contributed by atoms with Gasteiger partial charge in [-0.2, -0.15) is 0 Å². The van der Waals surface area contributed by atoms with Crippen LogP contribution in [0.2, 0.25) is 5.02 Å². The maximum absolute atomic E-state index is 6.32. The van der Waals surface area contributed by atoms with Gasteiger partial charge in [0.15, 0.2) is 5.65 Å². The van der Waals surface area contributed by atoms with Gasteiger partial charge in [-0.1, -0.05) is 18.0 Å². The van der Waals surface area contributed by atoms with Gasteiger partial charge in [0.05, 0.1) is 10.4 Å². The van der Waals surface area contributed by atoms with Gasteiger partial charge in [0.2, 0.25) is 0 Å². The van der Waals surface area contributed by atoms with Crippen molar-refractivity contribution in [2.24, 2.45) is 0 Å². The van der Waals surface area contributed by atoms with Crippen molar-refractivity contribution in [1.29, 1.82) is 0 Å². The van der Waals surface area contributed by atoms with Gasteiger partial charge < -0.3 is 9.47 Å². The number of alkyl halides is 1. The second kappa shape index (κ2) is 6.11. The van der Waals surface area contributed by atoms with Crippen LogP contribution in [-0.4, -0.2) is 39.1 Å². The summed E-state index contributed by atoms with van der Waals surface area (Å²) in [6, 6.07) is 2.37. The molecule has 2 unspecified atom stereocenters. The van der Waals surface area contributed by atoms with Crippen LogP contribution in [0.25, 0.3) is 11.2 Å². The molecule has 1 aliphatic heterocycles. The lowest BCUT2D eigenvalue weighted by molar-refractivity contribution is 0.167. The van der Waals surface area contributed by atoms with Gasteiger partial charge in [-0.3, -0.25) is 0 Å². The first-order chi connectivity index (χ1) is 10.1. The molecular weight excluding hydrogens is 307 g/mol. The van der Waals surface area contributed by atoms with Crippen LogP contribution in [0, 0.1) is 0 Å². The number of pyridine rings is 1. The monoisotopic (exact) mass is 326 g/mol. The Labute approximate surface area is 135 Å². The predicted octanol–water partition coefficient (Wildman–Crippen LogP) is 3.87. The Morgan fingerprint density at radius 1 is 1.43 bits per heavy atom. The minimum atomic E-state index is -0.146. The first-order valence-corrected chi connectivity index (χ1v) is 8.23. The molecule has 6 heteroatoms. The van der Waals surface area contributed by atoms with E-state index < -0.39 is 0 Å². The molecular formula is C15H20Cl2N4. The highest BCUT2D eigenvalue weighted by Gasteiger charge is 2.23. The lowest BCUT2D eigenvalue weighted by atomic mass is 10.0. The third kappa shape index (κ3) is 3.03. The third-order valence-electron chi connectivity index (χ3n) is 4.25. The van der Waals surface area contributed by atoms with Crippen molar-refractivity contribution in [3.8, 4) is 0 Å². The number of hydrogen-bond donors (Lipinski definition) is 0. The molecule has 0 spiro atoms. The fraction of sp³-hybridized carbons (Fsp3) is 0.600. The molecule has 0 amide bonds. The second-order valence-corrected chi connectivity index (χ2v) is 6.91. The number of rotatable bonds is 3. The van der Waals surface area contributed by atoms with Gasteiger partial charge in [0.1, 0.15) is 11.3 Å². The zero-order valence-electron chi connectivity index (χ0n) is 12.4. The molecule has 0 aromatic carbocycles. The van der Waals surface area contributed by atoms with Crippen LogP contribution in [0.5, 0.6) is 0 Å². The molecule has 0 radical (unpaired) electrons. The highest BCUT2D eigenvalue weighted by Crippen LogP contribution is 2.27. The van der Waals surface area contributed by atoms with Gasteiger partial charge in [0.25, 0.3) is 0 Å². The molecule has 21 heavy (non-hydrogen) atoms. The summed E-state index contributed by atoms with van der Waals surface area (Å²) in [4.78, 5) is 11.5. The molecule has 0 aliphatic carbocycles. The van der Waals surface area contributed by atoms with Crippen molar-refractivity contribution in [2.75, 3.05) is 13.6 Å². The predicted molar refractivity (Wildman–Crippen MR) is 87.1 cm³/mol. The number of aromatic nitrogens is 3. The van der Waals surface area contributed by atoms with E-state index in [1.165, 1.54) is 19.3 Å². The van der Waals surface area contributed by atoms with Crippen LogP contribution >= 0.6 is 23.2 Å². The number of nitrogens with zero attached hydrogens (tertiary/aromatic N) is 4. The molecule has 2 atom stereocenters. The molecule has 3 rings (SSSR count). The number of likely N-dealkylation sites (tertiary alicyclic amines) is 1. The maximum Gasteiger partial charge on any atom is 0.160 e. The van der Waals surface area contributed by atoms with Crippen molar-refractivity contribution < 1.29 is 0 Å². The summed E-state index contributed by atoms with van der Waals surface area (Å²) in [5, 5.41) is 0.461. The summed E-state index contributed by atoms with van der Waals surface area (Å²) in [6.45, 7) is 3.99. The van der Waals surface area contributed by atoms with Crippen LogP contribution in [0.4, 0.5) is 0 Å². The average molecular weight is 327 g/mol. The maximum atomic E-state index is 6.32. The Bertz CT molecular complexity index is 638. The summed E-state index contributed by atoms with van der Waals surface area (Å²) in [5.74, 6) is 0.875. The molecule has 3 heterocycles. The summed E-state index contributed by atoms with van der Waals surface area (Å²) >= 11 is 12.3. The molecule has 0 saturated carbocycles. The van der Waals surface area contributed by atoms with E-state index in [1.807, 2.05) is 13.0 Å². The first-order valence-electron chi connectivity index (χ1n) is 7.42. The smallest absolute Gasteiger partial charge is 0.160 e. The van der Waals surface area contributed by atoms with E-state index in [-0.39, 0.29) is 5.38 Å². The largest absolute Gasteiger partial charge is 0.310 e. The molecule has 114 valence electrons. The van der Waals surface area contributed by atoms with Crippen molar-refractivity contribution in [3.63, 3.8) is 0 Å². The summed E-state index contributed by atoms with van der Waals surface area (Å²) in [7, 11) is 2.19. The quantitative estimate of drug-likeness (QED) is 0.803. The fourth-order valence-corrected chi connectivity index (χ4v) is 3.39. The van der Waals surface area contributed by atoms with E-state index in [0.29, 0.717) is 11.1 Å². The lowest BCUT2D eigenvalue weighted by Crippen LogP contribution is -2.39. The van der Waals surface area contributed by atoms with E-state index in [4.69, 9.17) is 23.2 Å². The van der Waals surface area contributed by atoms with Gasteiger partial charge in [0, 0.05) is 18.8 Å². The Morgan fingerprint density at radius 2 is 2.24 bits per heavy atom.